The van der Waals surface area contributed by atoms with Crippen molar-refractivity contribution in [2.45, 2.75) is 52.4 Å². The van der Waals surface area contributed by atoms with Gasteiger partial charge < -0.3 is 4.74 Å². The first-order valence-electron chi connectivity index (χ1n) is 13.2. The molecule has 4 rings (SSSR count). The predicted molar refractivity (Wildman–Crippen MR) is 145 cm³/mol. The summed E-state index contributed by atoms with van der Waals surface area (Å²) >= 11 is 0. The molecule has 0 bridgehead atoms. The molecular formula is C33H32F4O. The molecule has 198 valence electrons. The fraction of sp³-hybridized carbons (Fsp3) is 0.273. The molecule has 4 aromatic rings. The van der Waals surface area contributed by atoms with Crippen molar-refractivity contribution in [3.8, 4) is 28.0 Å². The number of ether oxygens (including phenoxy) is 1. The van der Waals surface area contributed by atoms with Gasteiger partial charge in [-0.25, -0.2) is 13.2 Å². The predicted octanol–water partition coefficient (Wildman–Crippen LogP) is 9.49. The third kappa shape index (κ3) is 6.27. The van der Waals surface area contributed by atoms with Crippen molar-refractivity contribution < 1.29 is 22.3 Å². The number of hydrogen-bond donors (Lipinski definition) is 0. The molecule has 0 spiro atoms. The lowest BCUT2D eigenvalue weighted by Crippen LogP contribution is -2.00. The smallest absolute Gasteiger partial charge is 0.201 e. The van der Waals surface area contributed by atoms with Gasteiger partial charge in [-0.15, -0.1) is 0 Å². The fourth-order valence-electron chi connectivity index (χ4n) is 4.59. The van der Waals surface area contributed by atoms with Crippen molar-refractivity contribution in [3.63, 3.8) is 0 Å². The van der Waals surface area contributed by atoms with Crippen LogP contribution >= 0.6 is 0 Å². The van der Waals surface area contributed by atoms with Gasteiger partial charge in [0.2, 0.25) is 5.82 Å². The summed E-state index contributed by atoms with van der Waals surface area (Å²) in [4.78, 5) is 0. The van der Waals surface area contributed by atoms with E-state index in [9.17, 15) is 17.6 Å². The van der Waals surface area contributed by atoms with Gasteiger partial charge in [-0.1, -0.05) is 80.4 Å². The Morgan fingerprint density at radius 3 is 1.66 bits per heavy atom. The van der Waals surface area contributed by atoms with Crippen molar-refractivity contribution in [1.29, 1.82) is 0 Å². The minimum atomic E-state index is -1.02. The zero-order valence-electron chi connectivity index (χ0n) is 21.8. The van der Waals surface area contributed by atoms with Crippen LogP contribution in [-0.2, 0) is 19.3 Å². The van der Waals surface area contributed by atoms with Crippen molar-refractivity contribution in [2.24, 2.45) is 0 Å². The van der Waals surface area contributed by atoms with Crippen LogP contribution in [0.4, 0.5) is 17.6 Å². The normalized spacial score (nSPS) is 11.1. The molecule has 0 saturated carbocycles. The number of unbranched alkanes of at least 4 members (excludes halogenated alkanes) is 2. The monoisotopic (exact) mass is 520 g/mol. The van der Waals surface area contributed by atoms with E-state index >= 15 is 0 Å². The summed E-state index contributed by atoms with van der Waals surface area (Å²) in [6, 6.07) is 20.8. The average Bonchev–Trinajstić information content (AvgIpc) is 2.93. The van der Waals surface area contributed by atoms with E-state index in [-0.39, 0.29) is 23.5 Å². The third-order valence-corrected chi connectivity index (χ3v) is 6.79. The maximum atomic E-state index is 15.0. The Kier molecular flexibility index (Phi) is 9.22. The summed E-state index contributed by atoms with van der Waals surface area (Å²) in [6.07, 6.45) is 5.22. The number of aryl methyl sites for hydroxylation is 3. The molecular weight excluding hydrogens is 488 g/mol. The number of rotatable bonds is 11. The van der Waals surface area contributed by atoms with Crippen LogP contribution < -0.4 is 4.74 Å². The lowest BCUT2D eigenvalue weighted by molar-refractivity contribution is 0.314. The van der Waals surface area contributed by atoms with Crippen molar-refractivity contribution in [1.82, 2.24) is 0 Å². The van der Waals surface area contributed by atoms with Crippen LogP contribution in [0.25, 0.3) is 22.3 Å². The maximum Gasteiger partial charge on any atom is 0.201 e. The zero-order chi connectivity index (χ0) is 27.1. The molecule has 4 aromatic carbocycles. The van der Waals surface area contributed by atoms with E-state index in [0.29, 0.717) is 29.5 Å². The summed E-state index contributed by atoms with van der Waals surface area (Å²) in [5.74, 6) is -3.78. The van der Waals surface area contributed by atoms with Crippen molar-refractivity contribution in [3.05, 3.63) is 113 Å². The second kappa shape index (κ2) is 12.8. The minimum absolute atomic E-state index is 0.120. The first kappa shape index (κ1) is 27.4. The Morgan fingerprint density at radius 2 is 1.08 bits per heavy atom. The van der Waals surface area contributed by atoms with Crippen LogP contribution in [0, 0.1) is 23.3 Å². The van der Waals surface area contributed by atoms with E-state index < -0.39 is 23.3 Å². The highest BCUT2D eigenvalue weighted by atomic mass is 19.2. The van der Waals surface area contributed by atoms with E-state index in [1.165, 1.54) is 24.1 Å². The summed E-state index contributed by atoms with van der Waals surface area (Å²) in [6.45, 7) is 4.10. The molecule has 0 aliphatic carbocycles. The summed E-state index contributed by atoms with van der Waals surface area (Å²) in [5.41, 5.74) is 3.93. The van der Waals surface area contributed by atoms with Gasteiger partial charge in [-0.05, 0) is 72.6 Å². The Bertz CT molecular complexity index is 1360. The largest absolute Gasteiger partial charge is 0.491 e. The van der Waals surface area contributed by atoms with Crippen LogP contribution in [0.3, 0.4) is 0 Å². The van der Waals surface area contributed by atoms with Gasteiger partial charge in [0.15, 0.2) is 23.2 Å². The van der Waals surface area contributed by atoms with Gasteiger partial charge >= 0.3 is 0 Å². The van der Waals surface area contributed by atoms with Gasteiger partial charge in [0.05, 0.1) is 6.61 Å². The Balaban J connectivity index is 1.43. The highest BCUT2D eigenvalue weighted by Crippen LogP contribution is 2.31. The highest BCUT2D eigenvalue weighted by molar-refractivity contribution is 5.66. The van der Waals surface area contributed by atoms with E-state index in [4.69, 9.17) is 4.74 Å². The molecule has 0 radical (unpaired) electrons. The minimum Gasteiger partial charge on any atom is -0.491 e. The molecule has 0 heterocycles. The van der Waals surface area contributed by atoms with Crippen LogP contribution in [0.15, 0.2) is 72.8 Å². The molecule has 0 fully saturated rings. The third-order valence-electron chi connectivity index (χ3n) is 6.79. The molecule has 0 aliphatic rings. The lowest BCUT2D eigenvalue weighted by Gasteiger charge is -2.11. The van der Waals surface area contributed by atoms with E-state index in [2.05, 4.69) is 6.92 Å². The maximum absolute atomic E-state index is 15.0. The second-order valence-corrected chi connectivity index (χ2v) is 9.42. The topological polar surface area (TPSA) is 9.23 Å². The number of halogens is 4. The Morgan fingerprint density at radius 1 is 0.526 bits per heavy atom. The Labute approximate surface area is 222 Å². The second-order valence-electron chi connectivity index (χ2n) is 9.42. The van der Waals surface area contributed by atoms with Crippen molar-refractivity contribution in [2.75, 3.05) is 6.61 Å². The average molecular weight is 521 g/mol. The van der Waals surface area contributed by atoms with Crippen LogP contribution in [0.2, 0.25) is 0 Å². The van der Waals surface area contributed by atoms with Gasteiger partial charge in [0.1, 0.15) is 0 Å². The number of benzene rings is 4. The molecule has 1 nitrogen and oxygen atoms in total. The van der Waals surface area contributed by atoms with Crippen LogP contribution in [0.5, 0.6) is 5.75 Å². The summed E-state index contributed by atoms with van der Waals surface area (Å²) in [7, 11) is 0. The SMILES string of the molecule is CCCCCc1ccc(-c2ccc(CCc3ccc(-c4ccc(OCC)c(F)c4F)cc3)c(F)c2F)cc1. The molecule has 0 atom stereocenters. The number of hydrogen-bond acceptors (Lipinski definition) is 1. The summed E-state index contributed by atoms with van der Waals surface area (Å²) in [5, 5.41) is 0. The summed E-state index contributed by atoms with van der Waals surface area (Å²) < 4.78 is 63.8. The van der Waals surface area contributed by atoms with Crippen LogP contribution in [0.1, 0.15) is 49.8 Å². The van der Waals surface area contributed by atoms with E-state index in [0.717, 1.165) is 24.8 Å². The molecule has 0 aliphatic heterocycles. The van der Waals surface area contributed by atoms with Gasteiger partial charge in [-0.2, -0.15) is 4.39 Å². The molecule has 0 unspecified atom stereocenters. The van der Waals surface area contributed by atoms with Crippen LogP contribution in [-0.4, -0.2) is 6.61 Å². The van der Waals surface area contributed by atoms with Gasteiger partial charge in [0.25, 0.3) is 0 Å². The first-order valence-corrected chi connectivity index (χ1v) is 13.2. The van der Waals surface area contributed by atoms with Crippen molar-refractivity contribution >= 4 is 0 Å². The molecule has 0 aromatic heterocycles. The van der Waals surface area contributed by atoms with E-state index in [1.807, 2.05) is 24.3 Å². The Hall–Kier alpha value is -3.60. The molecule has 0 saturated heterocycles. The van der Waals surface area contributed by atoms with E-state index in [1.54, 1.807) is 43.3 Å². The molecule has 0 amide bonds. The highest BCUT2D eigenvalue weighted by Gasteiger charge is 2.17. The molecule has 0 N–H and O–H groups in total. The zero-order valence-corrected chi connectivity index (χ0v) is 21.8. The van der Waals surface area contributed by atoms with Gasteiger partial charge in [0, 0.05) is 11.1 Å². The standard InChI is InChI=1S/C33H32F4O/c1-3-5-6-7-22-8-13-24(14-9-22)27-19-18-26(30(34)31(27)35)17-12-23-10-15-25(16-11-23)28-20-21-29(38-4-2)33(37)32(28)36/h8-11,13-16,18-21H,3-7,12,17H2,1-2H3. The molecule has 38 heavy (non-hydrogen) atoms. The molecule has 5 heteroatoms. The first-order chi connectivity index (χ1) is 18.4. The quantitative estimate of drug-likeness (QED) is 0.141. The lowest BCUT2D eigenvalue weighted by atomic mass is 9.97. The van der Waals surface area contributed by atoms with Gasteiger partial charge in [-0.3, -0.25) is 0 Å². The fourth-order valence-corrected chi connectivity index (χ4v) is 4.59.